The summed E-state index contributed by atoms with van der Waals surface area (Å²) in [7, 11) is 0. The quantitative estimate of drug-likeness (QED) is 0.485. The number of carbonyl (C=O) groups is 3. The maximum atomic E-state index is 13.4. The normalized spacial score (nSPS) is 18.1. The molecule has 1 heterocycles. The topological polar surface area (TPSA) is 95.9 Å². The van der Waals surface area contributed by atoms with Crippen molar-refractivity contribution >= 4 is 29.7 Å². The molecule has 2 aromatic carbocycles. The molecule has 36 heavy (non-hydrogen) atoms. The van der Waals surface area contributed by atoms with Gasteiger partial charge in [0.1, 0.15) is 17.7 Å². The molecule has 3 rings (SSSR count). The minimum Gasteiger partial charge on any atom is -0.480 e. The first kappa shape index (κ1) is 27.6. The van der Waals surface area contributed by atoms with E-state index in [4.69, 9.17) is 4.74 Å². The molecule has 0 spiro atoms. The number of thioether (sulfide) groups is 1. The zero-order valence-corrected chi connectivity index (χ0v) is 22.6. The highest BCUT2D eigenvalue weighted by atomic mass is 32.2. The standard InChI is InChI=1S/C28H36N2O5S/c1-18(2)16-22(24(31)30-17-36-28(5,6)23(30)25(32)33)29-26(34)35-27(3,4)21-14-12-20(13-15-21)19-10-8-7-9-11-19/h7-15,18,22-23H,16-17H2,1-6H3,(H,29,34)(H,32,33)/t22-,23+/m0/s1. The van der Waals surface area contributed by atoms with E-state index in [1.165, 1.54) is 16.7 Å². The Hall–Kier alpha value is -3.00. The fraction of sp³-hybridized carbons (Fsp3) is 0.464. The Morgan fingerprint density at radius 2 is 1.67 bits per heavy atom. The first-order valence-corrected chi connectivity index (χ1v) is 13.1. The zero-order valence-electron chi connectivity index (χ0n) is 21.8. The minimum atomic E-state index is -1.05. The summed E-state index contributed by atoms with van der Waals surface area (Å²) in [4.78, 5) is 39.6. The molecule has 1 aliphatic rings. The number of aliphatic carboxylic acids is 1. The molecule has 0 unspecified atom stereocenters. The molecule has 2 aromatic rings. The molecule has 0 bridgehead atoms. The van der Waals surface area contributed by atoms with Crippen LogP contribution in [0.25, 0.3) is 11.1 Å². The number of hydrogen-bond donors (Lipinski definition) is 2. The lowest BCUT2D eigenvalue weighted by Crippen LogP contribution is -2.55. The van der Waals surface area contributed by atoms with Crippen LogP contribution in [0.1, 0.15) is 53.5 Å². The Balaban J connectivity index is 1.72. The lowest BCUT2D eigenvalue weighted by Gasteiger charge is -2.32. The predicted molar refractivity (Wildman–Crippen MR) is 143 cm³/mol. The molecule has 0 aromatic heterocycles. The van der Waals surface area contributed by atoms with Crippen LogP contribution in [0, 0.1) is 5.92 Å². The van der Waals surface area contributed by atoms with Crippen LogP contribution >= 0.6 is 11.8 Å². The number of carboxylic acids is 1. The fourth-order valence-corrected chi connectivity index (χ4v) is 5.57. The molecule has 7 nitrogen and oxygen atoms in total. The van der Waals surface area contributed by atoms with Gasteiger partial charge < -0.3 is 20.1 Å². The molecule has 2 amide bonds. The van der Waals surface area contributed by atoms with E-state index in [1.54, 1.807) is 13.8 Å². The van der Waals surface area contributed by atoms with E-state index in [-0.39, 0.29) is 11.8 Å². The van der Waals surface area contributed by atoms with E-state index in [9.17, 15) is 19.5 Å². The third kappa shape index (κ3) is 6.40. The molecule has 1 aliphatic heterocycles. The number of amides is 2. The third-order valence-electron chi connectivity index (χ3n) is 6.40. The van der Waals surface area contributed by atoms with Gasteiger partial charge in [-0.25, -0.2) is 9.59 Å². The van der Waals surface area contributed by atoms with Crippen molar-refractivity contribution in [1.29, 1.82) is 0 Å². The van der Waals surface area contributed by atoms with Crippen LogP contribution in [0.3, 0.4) is 0 Å². The van der Waals surface area contributed by atoms with Gasteiger partial charge in [-0.2, -0.15) is 0 Å². The Morgan fingerprint density at radius 1 is 1.08 bits per heavy atom. The molecule has 2 atom stereocenters. The Bertz CT molecular complexity index is 1080. The summed E-state index contributed by atoms with van der Waals surface area (Å²) in [5, 5.41) is 12.5. The number of alkyl carbamates (subject to hydrolysis) is 1. The first-order chi connectivity index (χ1) is 16.8. The number of benzene rings is 2. The Kier molecular flexibility index (Phi) is 8.39. The van der Waals surface area contributed by atoms with Crippen LogP contribution in [-0.4, -0.2) is 50.7 Å². The van der Waals surface area contributed by atoms with Crippen LogP contribution in [0.4, 0.5) is 4.79 Å². The second-order valence-corrected chi connectivity index (χ2v) is 12.2. The van der Waals surface area contributed by atoms with Crippen LogP contribution in [0.2, 0.25) is 0 Å². The van der Waals surface area contributed by atoms with E-state index >= 15 is 0 Å². The number of nitrogens with one attached hydrogen (secondary N) is 1. The van der Waals surface area contributed by atoms with Gasteiger partial charge in [0.05, 0.1) is 5.88 Å². The van der Waals surface area contributed by atoms with Gasteiger partial charge in [-0.1, -0.05) is 68.4 Å². The molecule has 1 saturated heterocycles. The van der Waals surface area contributed by atoms with Gasteiger partial charge in [0.15, 0.2) is 0 Å². The minimum absolute atomic E-state index is 0.101. The van der Waals surface area contributed by atoms with Gasteiger partial charge in [0, 0.05) is 4.75 Å². The molecule has 2 N–H and O–H groups in total. The van der Waals surface area contributed by atoms with E-state index in [0.29, 0.717) is 6.42 Å². The fourth-order valence-electron chi connectivity index (χ4n) is 4.44. The molecule has 0 aliphatic carbocycles. The number of carboxylic acid groups (broad SMARTS) is 1. The van der Waals surface area contributed by atoms with Crippen molar-refractivity contribution in [3.63, 3.8) is 0 Å². The third-order valence-corrected chi connectivity index (χ3v) is 7.77. The van der Waals surface area contributed by atoms with E-state index in [0.717, 1.165) is 16.7 Å². The molecular formula is C28H36N2O5S. The van der Waals surface area contributed by atoms with Crippen molar-refractivity contribution in [2.45, 2.75) is 70.4 Å². The largest absolute Gasteiger partial charge is 0.480 e. The Labute approximate surface area is 217 Å². The summed E-state index contributed by atoms with van der Waals surface area (Å²) in [5.74, 6) is -1.10. The van der Waals surface area contributed by atoms with Crippen molar-refractivity contribution in [2.75, 3.05) is 5.88 Å². The summed E-state index contributed by atoms with van der Waals surface area (Å²) in [5.41, 5.74) is 2.02. The number of ether oxygens (including phenoxy) is 1. The van der Waals surface area contributed by atoms with Crippen LogP contribution < -0.4 is 5.32 Å². The Morgan fingerprint density at radius 3 is 2.22 bits per heavy atom. The number of rotatable bonds is 8. The summed E-state index contributed by atoms with van der Waals surface area (Å²) < 4.78 is 5.14. The highest BCUT2D eigenvalue weighted by Gasteiger charge is 2.49. The summed E-state index contributed by atoms with van der Waals surface area (Å²) in [6.07, 6.45) is -0.349. The smallest absolute Gasteiger partial charge is 0.408 e. The van der Waals surface area contributed by atoms with E-state index < -0.39 is 40.4 Å². The lowest BCUT2D eigenvalue weighted by atomic mass is 9.95. The SMILES string of the molecule is CC(C)C[C@H](NC(=O)OC(C)(C)c1ccc(-c2ccccc2)cc1)C(=O)N1CSC(C)(C)[C@H]1C(=O)O. The zero-order chi connectivity index (χ0) is 26.7. The van der Waals surface area contributed by atoms with Gasteiger partial charge in [-0.05, 0) is 56.7 Å². The second kappa shape index (κ2) is 10.9. The number of hydrogen-bond acceptors (Lipinski definition) is 5. The van der Waals surface area contributed by atoms with Gasteiger partial charge in [-0.15, -0.1) is 11.8 Å². The van der Waals surface area contributed by atoms with Gasteiger partial charge in [0.2, 0.25) is 5.91 Å². The van der Waals surface area contributed by atoms with Gasteiger partial charge in [0.25, 0.3) is 0 Å². The summed E-state index contributed by atoms with van der Waals surface area (Å²) in [6.45, 7) is 11.1. The average molecular weight is 513 g/mol. The molecule has 8 heteroatoms. The van der Waals surface area contributed by atoms with E-state index in [2.05, 4.69) is 5.32 Å². The first-order valence-electron chi connectivity index (χ1n) is 12.1. The second-order valence-electron chi connectivity index (χ2n) is 10.6. The van der Waals surface area contributed by atoms with Crippen molar-refractivity contribution in [1.82, 2.24) is 10.2 Å². The molecule has 0 radical (unpaired) electrons. The number of nitrogens with zero attached hydrogens (tertiary/aromatic N) is 1. The number of carbonyl (C=O) groups excluding carboxylic acids is 2. The highest BCUT2D eigenvalue weighted by Crippen LogP contribution is 2.40. The van der Waals surface area contributed by atoms with Crippen molar-refractivity contribution in [3.8, 4) is 11.1 Å². The molecular weight excluding hydrogens is 476 g/mol. The van der Waals surface area contributed by atoms with Crippen molar-refractivity contribution in [2.24, 2.45) is 5.92 Å². The van der Waals surface area contributed by atoms with E-state index in [1.807, 2.05) is 82.3 Å². The highest BCUT2D eigenvalue weighted by molar-refractivity contribution is 8.00. The van der Waals surface area contributed by atoms with Gasteiger partial charge in [-0.3, -0.25) is 4.79 Å². The lowest BCUT2D eigenvalue weighted by molar-refractivity contribution is -0.150. The molecule has 194 valence electrons. The molecule has 0 saturated carbocycles. The maximum absolute atomic E-state index is 13.4. The van der Waals surface area contributed by atoms with Crippen molar-refractivity contribution in [3.05, 3.63) is 60.2 Å². The van der Waals surface area contributed by atoms with Gasteiger partial charge >= 0.3 is 12.1 Å². The van der Waals surface area contributed by atoms with Crippen LogP contribution in [-0.2, 0) is 19.9 Å². The summed E-state index contributed by atoms with van der Waals surface area (Å²) >= 11 is 1.41. The summed E-state index contributed by atoms with van der Waals surface area (Å²) in [6, 6.07) is 16.0. The maximum Gasteiger partial charge on any atom is 0.408 e. The van der Waals surface area contributed by atoms with Crippen molar-refractivity contribution < 1.29 is 24.2 Å². The predicted octanol–water partition coefficient (Wildman–Crippen LogP) is 5.49. The van der Waals surface area contributed by atoms with Crippen LogP contribution in [0.15, 0.2) is 54.6 Å². The average Bonchev–Trinajstić information content (AvgIpc) is 3.13. The molecule has 1 fully saturated rings. The van der Waals surface area contributed by atoms with Crippen LogP contribution in [0.5, 0.6) is 0 Å². The monoisotopic (exact) mass is 512 g/mol.